The Balaban J connectivity index is 2.17. The average Bonchev–Trinajstić information content (AvgIpc) is 2.50. The van der Waals surface area contributed by atoms with E-state index in [1.807, 2.05) is 6.92 Å². The summed E-state index contributed by atoms with van der Waals surface area (Å²) >= 11 is 5.80. The van der Waals surface area contributed by atoms with Crippen molar-refractivity contribution >= 4 is 23.2 Å². The fraction of sp³-hybridized carbons (Fsp3) is 0.267. The molecule has 0 spiro atoms. The lowest BCUT2D eigenvalue weighted by molar-refractivity contribution is -0.137. The third-order valence-electron chi connectivity index (χ3n) is 3.18. The number of nitrogens with zero attached hydrogens (tertiary/aromatic N) is 2. The van der Waals surface area contributed by atoms with Crippen molar-refractivity contribution in [3.8, 4) is 0 Å². The van der Waals surface area contributed by atoms with E-state index in [2.05, 4.69) is 10.3 Å². The quantitative estimate of drug-likeness (QED) is 0.912. The molecule has 1 amide bonds. The summed E-state index contributed by atoms with van der Waals surface area (Å²) < 4.78 is 39.1. The molecule has 1 aromatic carbocycles. The zero-order valence-electron chi connectivity index (χ0n) is 12.5. The summed E-state index contributed by atoms with van der Waals surface area (Å²) in [4.78, 5) is 27.8. The minimum atomic E-state index is -4.55. The maximum absolute atomic E-state index is 12.7. The number of carbonyl (C=O) groups excluding carboxylic acids is 1. The van der Waals surface area contributed by atoms with Crippen LogP contribution in [0.25, 0.3) is 0 Å². The monoisotopic (exact) mass is 359 g/mol. The average molecular weight is 360 g/mol. The van der Waals surface area contributed by atoms with Crippen molar-refractivity contribution in [1.82, 2.24) is 9.55 Å². The summed E-state index contributed by atoms with van der Waals surface area (Å²) in [5.41, 5.74) is -0.958. The Morgan fingerprint density at radius 2 is 2.04 bits per heavy atom. The van der Waals surface area contributed by atoms with Gasteiger partial charge in [-0.05, 0) is 24.6 Å². The SMILES string of the molecule is CCc1cc(=O)n(CC(=O)Nc2cc(C(F)(F)F)ccc2Cl)cn1. The summed E-state index contributed by atoms with van der Waals surface area (Å²) in [7, 11) is 0. The first-order valence-corrected chi connectivity index (χ1v) is 7.30. The molecule has 1 heterocycles. The van der Waals surface area contributed by atoms with Crippen molar-refractivity contribution in [2.24, 2.45) is 0 Å². The number of nitrogens with one attached hydrogen (secondary N) is 1. The fourth-order valence-corrected chi connectivity index (χ4v) is 2.08. The van der Waals surface area contributed by atoms with Gasteiger partial charge in [0.25, 0.3) is 5.56 Å². The highest BCUT2D eigenvalue weighted by atomic mass is 35.5. The number of hydrogen-bond acceptors (Lipinski definition) is 3. The normalized spacial score (nSPS) is 11.4. The van der Waals surface area contributed by atoms with Gasteiger partial charge in [0, 0.05) is 11.8 Å². The Hall–Kier alpha value is -2.35. The molecule has 0 unspecified atom stereocenters. The van der Waals surface area contributed by atoms with Gasteiger partial charge >= 0.3 is 6.18 Å². The van der Waals surface area contributed by atoms with Crippen molar-refractivity contribution in [3.05, 3.63) is 57.2 Å². The molecule has 0 bridgehead atoms. The molecular formula is C15H13ClF3N3O2. The lowest BCUT2D eigenvalue weighted by atomic mass is 10.2. The number of aryl methyl sites for hydroxylation is 1. The standard InChI is InChI=1S/C15H13ClF3N3O2/c1-2-10-6-14(24)22(8-20-10)7-13(23)21-12-5-9(15(17,18)19)3-4-11(12)16/h3-6,8H,2,7H2,1H3,(H,21,23). The Bertz CT molecular complexity index is 818. The number of aromatic nitrogens is 2. The van der Waals surface area contributed by atoms with Crippen molar-refractivity contribution in [1.29, 1.82) is 0 Å². The third kappa shape index (κ3) is 4.35. The fourth-order valence-electron chi connectivity index (χ4n) is 1.92. The Labute approximate surface area is 140 Å². The summed E-state index contributed by atoms with van der Waals surface area (Å²) in [5, 5.41) is 2.23. The van der Waals surface area contributed by atoms with E-state index in [-0.39, 0.29) is 17.3 Å². The molecule has 0 radical (unpaired) electrons. The predicted octanol–water partition coefficient (Wildman–Crippen LogP) is 3.12. The number of hydrogen-bond donors (Lipinski definition) is 1. The predicted molar refractivity (Wildman–Crippen MR) is 83.0 cm³/mol. The Kier molecular flexibility index (Phi) is 5.28. The maximum atomic E-state index is 12.7. The Morgan fingerprint density at radius 3 is 2.62 bits per heavy atom. The number of alkyl halides is 3. The highest BCUT2D eigenvalue weighted by Gasteiger charge is 2.31. The van der Waals surface area contributed by atoms with Crippen molar-refractivity contribution in [3.63, 3.8) is 0 Å². The van der Waals surface area contributed by atoms with Crippen LogP contribution in [0.5, 0.6) is 0 Å². The van der Waals surface area contributed by atoms with E-state index < -0.39 is 23.2 Å². The molecule has 0 fully saturated rings. The molecule has 0 atom stereocenters. The molecule has 0 aliphatic rings. The van der Waals surface area contributed by atoms with Gasteiger partial charge in [-0.3, -0.25) is 14.2 Å². The smallest absolute Gasteiger partial charge is 0.323 e. The van der Waals surface area contributed by atoms with Crippen LogP contribution in [0.2, 0.25) is 5.02 Å². The molecule has 5 nitrogen and oxygen atoms in total. The van der Waals surface area contributed by atoms with Crippen LogP contribution >= 0.6 is 11.6 Å². The van der Waals surface area contributed by atoms with Gasteiger partial charge in [-0.1, -0.05) is 18.5 Å². The lowest BCUT2D eigenvalue weighted by Gasteiger charge is -2.12. The van der Waals surface area contributed by atoms with Crippen LogP contribution in [0, 0.1) is 0 Å². The Morgan fingerprint density at radius 1 is 1.33 bits per heavy atom. The van der Waals surface area contributed by atoms with E-state index in [4.69, 9.17) is 11.6 Å². The molecule has 2 rings (SSSR count). The van der Waals surface area contributed by atoms with E-state index in [1.54, 1.807) is 0 Å². The van der Waals surface area contributed by atoms with E-state index in [0.717, 1.165) is 22.8 Å². The van der Waals surface area contributed by atoms with E-state index in [0.29, 0.717) is 12.1 Å². The van der Waals surface area contributed by atoms with Gasteiger partial charge in [0.15, 0.2) is 0 Å². The number of rotatable bonds is 4. The molecule has 0 saturated heterocycles. The number of halogens is 4. The van der Waals surface area contributed by atoms with Gasteiger partial charge in [0.05, 0.1) is 22.6 Å². The van der Waals surface area contributed by atoms with Gasteiger partial charge in [-0.25, -0.2) is 4.98 Å². The molecule has 24 heavy (non-hydrogen) atoms. The zero-order chi connectivity index (χ0) is 17.9. The van der Waals surface area contributed by atoms with Crippen molar-refractivity contribution < 1.29 is 18.0 Å². The minimum absolute atomic E-state index is 0.0387. The second-order valence-corrected chi connectivity index (χ2v) is 5.35. The summed E-state index contributed by atoms with van der Waals surface area (Å²) in [6, 6.07) is 3.89. The first kappa shape index (κ1) is 18.0. The first-order chi connectivity index (χ1) is 11.2. The summed E-state index contributed by atoms with van der Waals surface area (Å²) in [5.74, 6) is -0.690. The van der Waals surface area contributed by atoms with Crippen LogP contribution in [0.3, 0.4) is 0 Å². The van der Waals surface area contributed by atoms with Crippen molar-refractivity contribution in [2.45, 2.75) is 26.1 Å². The molecule has 0 aliphatic carbocycles. The van der Waals surface area contributed by atoms with Gasteiger partial charge in [0.1, 0.15) is 6.54 Å². The molecule has 0 saturated carbocycles. The van der Waals surface area contributed by atoms with Gasteiger partial charge < -0.3 is 5.32 Å². The maximum Gasteiger partial charge on any atom is 0.416 e. The van der Waals surface area contributed by atoms with Gasteiger partial charge in [-0.15, -0.1) is 0 Å². The highest BCUT2D eigenvalue weighted by Crippen LogP contribution is 2.33. The molecule has 2 aromatic rings. The van der Waals surface area contributed by atoms with Crippen LogP contribution in [-0.2, 0) is 23.9 Å². The van der Waals surface area contributed by atoms with E-state index in [9.17, 15) is 22.8 Å². The number of anilines is 1. The van der Waals surface area contributed by atoms with Gasteiger partial charge in [0.2, 0.25) is 5.91 Å². The molecule has 9 heteroatoms. The largest absolute Gasteiger partial charge is 0.416 e. The van der Waals surface area contributed by atoms with Gasteiger partial charge in [-0.2, -0.15) is 13.2 Å². The lowest BCUT2D eigenvalue weighted by Crippen LogP contribution is -2.28. The molecule has 0 aliphatic heterocycles. The van der Waals surface area contributed by atoms with Crippen LogP contribution < -0.4 is 10.9 Å². The highest BCUT2D eigenvalue weighted by molar-refractivity contribution is 6.33. The number of benzene rings is 1. The van der Waals surface area contributed by atoms with Crippen LogP contribution in [-0.4, -0.2) is 15.5 Å². The number of amides is 1. The van der Waals surface area contributed by atoms with E-state index in [1.165, 1.54) is 12.4 Å². The number of carbonyl (C=O) groups is 1. The topological polar surface area (TPSA) is 64.0 Å². The van der Waals surface area contributed by atoms with Crippen LogP contribution in [0.15, 0.2) is 35.4 Å². The van der Waals surface area contributed by atoms with E-state index >= 15 is 0 Å². The second kappa shape index (κ2) is 7.04. The zero-order valence-corrected chi connectivity index (χ0v) is 13.3. The molecule has 128 valence electrons. The summed E-state index contributed by atoms with van der Waals surface area (Å²) in [6.07, 6.45) is -2.77. The van der Waals surface area contributed by atoms with Crippen molar-refractivity contribution in [2.75, 3.05) is 5.32 Å². The minimum Gasteiger partial charge on any atom is -0.323 e. The molecule has 1 N–H and O–H groups in total. The van der Waals surface area contributed by atoms with Crippen LogP contribution in [0.1, 0.15) is 18.2 Å². The third-order valence-corrected chi connectivity index (χ3v) is 3.51. The molecular weight excluding hydrogens is 347 g/mol. The summed E-state index contributed by atoms with van der Waals surface area (Å²) in [6.45, 7) is 1.44. The van der Waals surface area contributed by atoms with Crippen LogP contribution in [0.4, 0.5) is 18.9 Å². The second-order valence-electron chi connectivity index (χ2n) is 4.94. The molecule has 1 aromatic heterocycles. The first-order valence-electron chi connectivity index (χ1n) is 6.92.